The maximum atomic E-state index is 12.7. The summed E-state index contributed by atoms with van der Waals surface area (Å²) in [5, 5.41) is 9.62. The minimum Gasteiger partial charge on any atom is -0.393 e. The Balaban J connectivity index is 2.12. The van der Waals surface area contributed by atoms with Gasteiger partial charge in [-0.05, 0) is 25.8 Å². The van der Waals surface area contributed by atoms with Crippen molar-refractivity contribution in [1.82, 2.24) is 9.47 Å². The van der Waals surface area contributed by atoms with E-state index in [-0.39, 0.29) is 5.92 Å². The molecule has 2 heterocycles. The van der Waals surface area contributed by atoms with Crippen LogP contribution in [0.25, 0.3) is 0 Å². The third kappa shape index (κ3) is 4.34. The van der Waals surface area contributed by atoms with Gasteiger partial charge in [0.25, 0.3) is 5.56 Å². The zero-order chi connectivity index (χ0) is 17.2. The van der Waals surface area contributed by atoms with Gasteiger partial charge in [-0.15, -0.1) is 0 Å². The van der Waals surface area contributed by atoms with E-state index in [2.05, 4.69) is 0 Å². The van der Waals surface area contributed by atoms with E-state index < -0.39 is 35.9 Å². The van der Waals surface area contributed by atoms with Gasteiger partial charge >= 0.3 is 6.18 Å². The summed E-state index contributed by atoms with van der Waals surface area (Å²) in [5.41, 5.74) is -1.62. The van der Waals surface area contributed by atoms with Gasteiger partial charge < -0.3 is 14.6 Å². The van der Waals surface area contributed by atoms with Crippen molar-refractivity contribution in [3.8, 4) is 0 Å². The average Bonchev–Trinajstić information content (AvgIpc) is 2.48. The van der Waals surface area contributed by atoms with Gasteiger partial charge in [-0.2, -0.15) is 13.2 Å². The van der Waals surface area contributed by atoms with Crippen LogP contribution in [0.5, 0.6) is 0 Å². The van der Waals surface area contributed by atoms with Crippen molar-refractivity contribution in [2.45, 2.75) is 38.6 Å². The fourth-order valence-corrected chi connectivity index (χ4v) is 2.70. The van der Waals surface area contributed by atoms with Crippen LogP contribution >= 0.6 is 0 Å². The van der Waals surface area contributed by atoms with Gasteiger partial charge in [-0.3, -0.25) is 9.59 Å². The van der Waals surface area contributed by atoms with Gasteiger partial charge in [0.1, 0.15) is 6.54 Å². The van der Waals surface area contributed by atoms with Crippen molar-refractivity contribution >= 4 is 5.91 Å². The second kappa shape index (κ2) is 6.74. The molecule has 8 heteroatoms. The predicted octanol–water partition coefficient (Wildman–Crippen LogP) is 1.49. The SMILES string of the molecule is CC(O)C1CCCN(C(=O)Cn2cc(C(F)(F)F)ccc2=O)C1. The van der Waals surface area contributed by atoms with Gasteiger partial charge in [0.05, 0.1) is 11.7 Å². The summed E-state index contributed by atoms with van der Waals surface area (Å²) in [6, 6.07) is 1.51. The molecule has 2 rings (SSSR count). The summed E-state index contributed by atoms with van der Waals surface area (Å²) in [6.45, 7) is 2.05. The summed E-state index contributed by atoms with van der Waals surface area (Å²) in [7, 11) is 0. The number of halogens is 3. The van der Waals surface area contributed by atoms with Crippen LogP contribution in [0.2, 0.25) is 0 Å². The van der Waals surface area contributed by atoms with E-state index >= 15 is 0 Å². The van der Waals surface area contributed by atoms with Crippen molar-refractivity contribution < 1.29 is 23.1 Å². The lowest BCUT2D eigenvalue weighted by Gasteiger charge is -2.34. The molecule has 0 aliphatic carbocycles. The third-order valence-electron chi connectivity index (χ3n) is 4.11. The summed E-state index contributed by atoms with van der Waals surface area (Å²) >= 11 is 0. The molecule has 1 aromatic heterocycles. The number of hydrogen-bond donors (Lipinski definition) is 1. The summed E-state index contributed by atoms with van der Waals surface area (Å²) in [5.74, 6) is -0.470. The van der Waals surface area contributed by atoms with E-state index in [1.807, 2.05) is 0 Å². The molecule has 1 saturated heterocycles. The molecule has 1 aromatic rings. The molecule has 1 aliphatic rings. The molecule has 2 atom stereocenters. The number of alkyl halides is 3. The fourth-order valence-electron chi connectivity index (χ4n) is 2.70. The second-order valence-electron chi connectivity index (χ2n) is 5.86. The van der Waals surface area contributed by atoms with Crippen LogP contribution in [0, 0.1) is 5.92 Å². The number of rotatable bonds is 3. The van der Waals surface area contributed by atoms with E-state index in [4.69, 9.17) is 0 Å². The van der Waals surface area contributed by atoms with Crippen molar-refractivity contribution in [3.05, 3.63) is 34.2 Å². The minimum absolute atomic E-state index is 0.0501. The Morgan fingerprint density at radius 1 is 1.43 bits per heavy atom. The highest BCUT2D eigenvalue weighted by Crippen LogP contribution is 2.28. The highest BCUT2D eigenvalue weighted by molar-refractivity contribution is 5.76. The Morgan fingerprint density at radius 2 is 2.13 bits per heavy atom. The molecule has 0 aromatic carbocycles. The van der Waals surface area contributed by atoms with Crippen LogP contribution in [0.3, 0.4) is 0 Å². The number of piperidine rings is 1. The molecule has 2 unspecified atom stereocenters. The molecule has 0 spiro atoms. The first-order valence-electron chi connectivity index (χ1n) is 7.42. The number of aliphatic hydroxyl groups excluding tert-OH is 1. The van der Waals surface area contributed by atoms with Crippen LogP contribution in [-0.2, 0) is 17.5 Å². The van der Waals surface area contributed by atoms with Crippen molar-refractivity contribution in [2.75, 3.05) is 13.1 Å². The molecule has 1 N–H and O–H groups in total. The number of nitrogens with zero attached hydrogens (tertiary/aromatic N) is 2. The smallest absolute Gasteiger partial charge is 0.393 e. The standard InChI is InChI=1S/C15H19F3N2O3/c1-10(21)11-3-2-6-19(7-11)14(23)9-20-8-12(15(16,17)18)4-5-13(20)22/h4-5,8,10-11,21H,2-3,6-7,9H2,1H3. The van der Waals surface area contributed by atoms with Crippen molar-refractivity contribution in [3.63, 3.8) is 0 Å². The highest BCUT2D eigenvalue weighted by Gasteiger charge is 2.31. The number of hydrogen-bond acceptors (Lipinski definition) is 3. The quantitative estimate of drug-likeness (QED) is 0.912. The summed E-state index contributed by atoms with van der Waals surface area (Å²) in [6.07, 6.45) is -2.94. The molecular formula is C15H19F3N2O3. The Bertz CT molecular complexity index is 625. The van der Waals surface area contributed by atoms with Crippen LogP contribution in [0.4, 0.5) is 13.2 Å². The molecule has 0 radical (unpaired) electrons. The van der Waals surface area contributed by atoms with E-state index in [0.717, 1.165) is 23.5 Å². The number of aromatic nitrogens is 1. The lowest BCUT2D eigenvalue weighted by Crippen LogP contribution is -2.45. The Morgan fingerprint density at radius 3 is 2.74 bits per heavy atom. The van der Waals surface area contributed by atoms with Gasteiger partial charge in [0.2, 0.25) is 5.91 Å². The van der Waals surface area contributed by atoms with E-state index in [9.17, 15) is 27.9 Å². The molecule has 5 nitrogen and oxygen atoms in total. The summed E-state index contributed by atoms with van der Waals surface area (Å²) in [4.78, 5) is 25.4. The average molecular weight is 332 g/mol. The summed E-state index contributed by atoms with van der Waals surface area (Å²) < 4.78 is 38.9. The topological polar surface area (TPSA) is 62.5 Å². The molecule has 1 fully saturated rings. The molecule has 1 amide bonds. The zero-order valence-electron chi connectivity index (χ0n) is 12.7. The molecule has 128 valence electrons. The van der Waals surface area contributed by atoms with Crippen LogP contribution in [-0.4, -0.2) is 39.7 Å². The monoisotopic (exact) mass is 332 g/mol. The Hall–Kier alpha value is -1.83. The maximum absolute atomic E-state index is 12.7. The largest absolute Gasteiger partial charge is 0.417 e. The normalized spacial score (nSPS) is 20.4. The molecule has 0 saturated carbocycles. The van der Waals surface area contributed by atoms with Gasteiger partial charge in [-0.25, -0.2) is 0 Å². The highest BCUT2D eigenvalue weighted by atomic mass is 19.4. The van der Waals surface area contributed by atoms with Crippen molar-refractivity contribution in [2.24, 2.45) is 5.92 Å². The number of amides is 1. The Labute approximate surface area is 131 Å². The van der Waals surface area contributed by atoms with Crippen molar-refractivity contribution in [1.29, 1.82) is 0 Å². The lowest BCUT2D eigenvalue weighted by molar-refractivity contribution is -0.139. The second-order valence-corrected chi connectivity index (χ2v) is 5.86. The minimum atomic E-state index is -4.57. The Kier molecular flexibility index (Phi) is 5.13. The van der Waals surface area contributed by atoms with E-state index in [1.165, 1.54) is 4.90 Å². The lowest BCUT2D eigenvalue weighted by atomic mass is 9.93. The van der Waals surface area contributed by atoms with Gasteiger partial charge in [0.15, 0.2) is 0 Å². The first kappa shape index (κ1) is 17.5. The molecule has 1 aliphatic heterocycles. The number of carbonyl (C=O) groups is 1. The van der Waals surface area contributed by atoms with Crippen LogP contribution < -0.4 is 5.56 Å². The van der Waals surface area contributed by atoms with E-state index in [0.29, 0.717) is 25.4 Å². The number of pyridine rings is 1. The molecular weight excluding hydrogens is 313 g/mol. The van der Waals surface area contributed by atoms with E-state index in [1.54, 1.807) is 6.92 Å². The van der Waals surface area contributed by atoms with Crippen LogP contribution in [0.15, 0.2) is 23.1 Å². The fraction of sp³-hybridized carbons (Fsp3) is 0.600. The predicted molar refractivity (Wildman–Crippen MR) is 76.7 cm³/mol. The third-order valence-corrected chi connectivity index (χ3v) is 4.11. The molecule has 23 heavy (non-hydrogen) atoms. The number of aliphatic hydroxyl groups is 1. The van der Waals surface area contributed by atoms with Gasteiger partial charge in [-0.1, -0.05) is 0 Å². The zero-order valence-corrected chi connectivity index (χ0v) is 12.7. The van der Waals surface area contributed by atoms with Crippen LogP contribution in [0.1, 0.15) is 25.3 Å². The number of carbonyl (C=O) groups excluding carboxylic acids is 1. The first-order chi connectivity index (χ1) is 10.7. The first-order valence-corrected chi connectivity index (χ1v) is 7.42. The number of likely N-dealkylation sites (tertiary alicyclic amines) is 1. The molecule has 0 bridgehead atoms. The maximum Gasteiger partial charge on any atom is 0.417 e. The van der Waals surface area contributed by atoms with Gasteiger partial charge in [0, 0.05) is 31.3 Å².